The quantitative estimate of drug-likeness (QED) is 0.251. The number of unbranched alkanes of at least 4 members (excludes halogenated alkanes) is 1. The normalized spacial score (nSPS) is 12.4. The molecule has 0 fully saturated rings. The number of ether oxygens (including phenoxy) is 1. The number of rotatable bonds is 8. The van der Waals surface area contributed by atoms with E-state index < -0.39 is 0 Å². The van der Waals surface area contributed by atoms with Crippen LogP contribution in [0.15, 0.2) is 29.4 Å². The van der Waals surface area contributed by atoms with Crippen molar-refractivity contribution in [2.75, 3.05) is 6.61 Å². The number of amidine groups is 1. The molecule has 112 valence electrons. The Kier molecular flexibility index (Phi) is 6.36. The zero-order valence-corrected chi connectivity index (χ0v) is 12.7. The Bertz CT molecular complexity index is 442. The average Bonchev–Trinajstić information content (AvgIpc) is 2.46. The first-order valence-corrected chi connectivity index (χ1v) is 7.20. The maximum absolute atomic E-state index is 8.72. The largest absolute Gasteiger partial charge is 0.493 e. The molecule has 0 saturated heterocycles. The number of para-hydroxylation sites is 1. The predicted molar refractivity (Wildman–Crippen MR) is 82.4 cm³/mol. The van der Waals surface area contributed by atoms with Crippen LogP contribution in [-0.4, -0.2) is 17.6 Å². The molecule has 0 bridgehead atoms. The Morgan fingerprint density at radius 1 is 1.30 bits per heavy atom. The lowest BCUT2D eigenvalue weighted by Gasteiger charge is -2.22. The van der Waals surface area contributed by atoms with Gasteiger partial charge in [0.05, 0.1) is 6.61 Å². The number of oxime groups is 1. The molecule has 20 heavy (non-hydrogen) atoms. The van der Waals surface area contributed by atoms with Gasteiger partial charge in [-0.1, -0.05) is 44.1 Å². The Balaban J connectivity index is 2.32. The molecule has 0 atom stereocenters. The van der Waals surface area contributed by atoms with E-state index in [9.17, 15) is 0 Å². The lowest BCUT2D eigenvalue weighted by molar-refractivity contribution is 0.287. The van der Waals surface area contributed by atoms with E-state index in [-0.39, 0.29) is 11.3 Å². The molecule has 0 aliphatic rings. The summed E-state index contributed by atoms with van der Waals surface area (Å²) >= 11 is 0. The Hall–Kier alpha value is -1.71. The standard InChI is InChI=1S/C16H26N2O2/c1-4-13-9-5-6-10-14(13)20-12-8-7-11-16(2,3)15(17)18-19/h5-6,9-10,19H,4,7-8,11-12H2,1-3H3,(H2,17,18). The average molecular weight is 278 g/mol. The van der Waals surface area contributed by atoms with Crippen molar-refractivity contribution >= 4 is 5.84 Å². The summed E-state index contributed by atoms with van der Waals surface area (Å²) in [6.07, 6.45) is 3.80. The van der Waals surface area contributed by atoms with E-state index >= 15 is 0 Å². The number of nitrogens with zero attached hydrogens (tertiary/aromatic N) is 1. The number of nitrogens with two attached hydrogens (primary N) is 1. The number of hydrogen-bond acceptors (Lipinski definition) is 3. The fraction of sp³-hybridized carbons (Fsp3) is 0.562. The van der Waals surface area contributed by atoms with Crippen LogP contribution in [0.2, 0.25) is 0 Å². The zero-order chi connectivity index (χ0) is 15.0. The van der Waals surface area contributed by atoms with Crippen LogP contribution in [0.4, 0.5) is 0 Å². The van der Waals surface area contributed by atoms with Crippen LogP contribution >= 0.6 is 0 Å². The second-order valence-corrected chi connectivity index (χ2v) is 5.64. The molecular weight excluding hydrogens is 252 g/mol. The minimum Gasteiger partial charge on any atom is -0.493 e. The van der Waals surface area contributed by atoms with Gasteiger partial charge in [0.2, 0.25) is 0 Å². The van der Waals surface area contributed by atoms with Crippen LogP contribution in [-0.2, 0) is 6.42 Å². The summed E-state index contributed by atoms with van der Waals surface area (Å²) in [5, 5.41) is 11.8. The third-order valence-electron chi connectivity index (χ3n) is 3.61. The maximum Gasteiger partial charge on any atom is 0.144 e. The minimum atomic E-state index is -0.268. The Morgan fingerprint density at radius 3 is 2.65 bits per heavy atom. The van der Waals surface area contributed by atoms with Gasteiger partial charge in [0.15, 0.2) is 0 Å². The van der Waals surface area contributed by atoms with Crippen LogP contribution in [0.3, 0.4) is 0 Å². The molecule has 0 amide bonds. The number of benzene rings is 1. The molecule has 0 aliphatic heterocycles. The second kappa shape index (κ2) is 7.78. The monoisotopic (exact) mass is 278 g/mol. The van der Waals surface area contributed by atoms with E-state index in [2.05, 4.69) is 18.1 Å². The van der Waals surface area contributed by atoms with Crippen LogP contribution in [0.5, 0.6) is 5.75 Å². The molecule has 0 heterocycles. The molecule has 4 nitrogen and oxygen atoms in total. The fourth-order valence-electron chi connectivity index (χ4n) is 2.05. The van der Waals surface area contributed by atoms with Gasteiger partial charge < -0.3 is 15.7 Å². The van der Waals surface area contributed by atoms with Crippen molar-refractivity contribution in [1.29, 1.82) is 0 Å². The minimum absolute atomic E-state index is 0.268. The molecule has 1 aromatic carbocycles. The van der Waals surface area contributed by atoms with E-state index in [0.717, 1.165) is 31.4 Å². The topological polar surface area (TPSA) is 67.8 Å². The van der Waals surface area contributed by atoms with E-state index in [4.69, 9.17) is 15.7 Å². The van der Waals surface area contributed by atoms with E-state index in [0.29, 0.717) is 6.61 Å². The molecule has 0 saturated carbocycles. The Labute approximate surface area is 121 Å². The summed E-state index contributed by atoms with van der Waals surface area (Å²) in [5.41, 5.74) is 6.64. The fourth-order valence-corrected chi connectivity index (χ4v) is 2.05. The van der Waals surface area contributed by atoms with Crippen LogP contribution in [0.1, 0.15) is 45.6 Å². The maximum atomic E-state index is 8.72. The summed E-state index contributed by atoms with van der Waals surface area (Å²) in [7, 11) is 0. The van der Waals surface area contributed by atoms with Crippen molar-refractivity contribution in [3.63, 3.8) is 0 Å². The van der Waals surface area contributed by atoms with Crippen molar-refractivity contribution in [3.8, 4) is 5.75 Å². The summed E-state index contributed by atoms with van der Waals surface area (Å²) in [5.74, 6) is 1.26. The third kappa shape index (κ3) is 4.76. The summed E-state index contributed by atoms with van der Waals surface area (Å²) in [6, 6.07) is 8.14. The van der Waals surface area contributed by atoms with Crippen molar-refractivity contribution in [2.24, 2.45) is 16.3 Å². The molecular formula is C16H26N2O2. The molecule has 1 aromatic rings. The highest BCUT2D eigenvalue weighted by Gasteiger charge is 2.22. The summed E-state index contributed by atoms with van der Waals surface area (Å²) < 4.78 is 5.82. The SMILES string of the molecule is CCc1ccccc1OCCCCC(C)(C)/C(N)=N/O. The van der Waals surface area contributed by atoms with Crippen molar-refractivity contribution in [1.82, 2.24) is 0 Å². The molecule has 1 rings (SSSR count). The zero-order valence-electron chi connectivity index (χ0n) is 12.7. The van der Waals surface area contributed by atoms with Crippen LogP contribution in [0.25, 0.3) is 0 Å². The van der Waals surface area contributed by atoms with Gasteiger partial charge in [-0.3, -0.25) is 0 Å². The van der Waals surface area contributed by atoms with E-state index in [1.165, 1.54) is 5.56 Å². The molecule has 0 aliphatic carbocycles. The molecule has 4 heteroatoms. The molecule has 0 unspecified atom stereocenters. The Morgan fingerprint density at radius 2 is 2.00 bits per heavy atom. The van der Waals surface area contributed by atoms with E-state index in [1.807, 2.05) is 32.0 Å². The van der Waals surface area contributed by atoms with Gasteiger partial charge in [-0.2, -0.15) is 0 Å². The predicted octanol–water partition coefficient (Wildman–Crippen LogP) is 3.57. The number of aryl methyl sites for hydroxylation is 1. The van der Waals surface area contributed by atoms with Crippen LogP contribution in [0, 0.1) is 5.41 Å². The van der Waals surface area contributed by atoms with Gasteiger partial charge in [-0.15, -0.1) is 0 Å². The summed E-state index contributed by atoms with van der Waals surface area (Å²) in [4.78, 5) is 0. The highest BCUT2D eigenvalue weighted by Crippen LogP contribution is 2.24. The van der Waals surface area contributed by atoms with Gasteiger partial charge in [-0.25, -0.2) is 0 Å². The summed E-state index contributed by atoms with van der Waals surface area (Å²) in [6.45, 7) is 6.79. The van der Waals surface area contributed by atoms with Crippen LogP contribution < -0.4 is 10.5 Å². The van der Waals surface area contributed by atoms with Crippen molar-refractivity contribution in [2.45, 2.75) is 46.5 Å². The van der Waals surface area contributed by atoms with Gasteiger partial charge in [0.25, 0.3) is 0 Å². The van der Waals surface area contributed by atoms with Gasteiger partial charge in [0, 0.05) is 5.41 Å². The highest BCUT2D eigenvalue weighted by molar-refractivity contribution is 5.85. The lowest BCUT2D eigenvalue weighted by Crippen LogP contribution is -2.31. The molecule has 0 spiro atoms. The lowest BCUT2D eigenvalue weighted by atomic mass is 9.86. The van der Waals surface area contributed by atoms with Gasteiger partial charge >= 0.3 is 0 Å². The molecule has 0 radical (unpaired) electrons. The smallest absolute Gasteiger partial charge is 0.144 e. The van der Waals surface area contributed by atoms with Gasteiger partial charge in [-0.05, 0) is 37.3 Å². The van der Waals surface area contributed by atoms with E-state index in [1.54, 1.807) is 0 Å². The number of hydrogen-bond donors (Lipinski definition) is 2. The van der Waals surface area contributed by atoms with Gasteiger partial charge in [0.1, 0.15) is 11.6 Å². The van der Waals surface area contributed by atoms with Crippen molar-refractivity contribution < 1.29 is 9.94 Å². The third-order valence-corrected chi connectivity index (χ3v) is 3.61. The van der Waals surface area contributed by atoms with Crippen molar-refractivity contribution in [3.05, 3.63) is 29.8 Å². The first kappa shape index (κ1) is 16.3. The second-order valence-electron chi connectivity index (χ2n) is 5.64. The first-order valence-electron chi connectivity index (χ1n) is 7.20. The molecule has 3 N–H and O–H groups in total. The highest BCUT2D eigenvalue weighted by atomic mass is 16.5. The first-order chi connectivity index (χ1) is 9.51. The molecule has 0 aromatic heterocycles.